The molecule has 0 unspecified atom stereocenters. The van der Waals surface area contributed by atoms with Gasteiger partial charge < -0.3 is 10.1 Å². The minimum atomic E-state index is 0.702. The lowest BCUT2D eigenvalue weighted by Gasteiger charge is -2.22. The van der Waals surface area contributed by atoms with E-state index in [0.717, 1.165) is 43.6 Å². The van der Waals surface area contributed by atoms with Gasteiger partial charge in [-0.3, -0.25) is 0 Å². The number of rotatable bonds is 5. The van der Waals surface area contributed by atoms with E-state index in [1.165, 1.54) is 10.5 Å². The van der Waals surface area contributed by atoms with E-state index in [1.807, 2.05) is 11.8 Å². The molecule has 18 heavy (non-hydrogen) atoms. The van der Waals surface area contributed by atoms with Crippen LogP contribution in [0.3, 0.4) is 0 Å². The Balaban J connectivity index is 2.05. The van der Waals surface area contributed by atoms with Gasteiger partial charge in [-0.25, -0.2) is 0 Å². The first-order valence-electron chi connectivity index (χ1n) is 6.53. The highest BCUT2D eigenvalue weighted by atomic mass is 79.9. The third-order valence-electron chi connectivity index (χ3n) is 3.06. The molecule has 1 aromatic carbocycles. The zero-order valence-electron chi connectivity index (χ0n) is 10.7. The van der Waals surface area contributed by atoms with Crippen molar-refractivity contribution in [2.75, 3.05) is 19.8 Å². The average Bonchev–Trinajstić information content (AvgIpc) is 2.39. The second-order valence-electron chi connectivity index (χ2n) is 4.46. The van der Waals surface area contributed by atoms with E-state index in [2.05, 4.69) is 46.4 Å². The fourth-order valence-electron chi connectivity index (χ4n) is 2.02. The molecule has 0 radical (unpaired) electrons. The van der Waals surface area contributed by atoms with Gasteiger partial charge in [-0.1, -0.05) is 28.9 Å². The largest absolute Gasteiger partial charge is 0.381 e. The zero-order valence-corrected chi connectivity index (χ0v) is 13.1. The van der Waals surface area contributed by atoms with Crippen LogP contribution in [-0.4, -0.2) is 25.0 Å². The molecule has 4 heteroatoms. The van der Waals surface area contributed by atoms with Crippen LogP contribution in [0.4, 0.5) is 0 Å². The monoisotopic (exact) mass is 329 g/mol. The molecule has 2 rings (SSSR count). The Kier molecular flexibility index (Phi) is 6.02. The molecule has 1 N–H and O–H groups in total. The van der Waals surface area contributed by atoms with Crippen LogP contribution in [0.15, 0.2) is 27.6 Å². The molecular weight excluding hydrogens is 310 g/mol. The van der Waals surface area contributed by atoms with E-state index in [4.69, 9.17) is 4.74 Å². The molecule has 100 valence electrons. The van der Waals surface area contributed by atoms with Crippen LogP contribution in [0.1, 0.15) is 25.3 Å². The number of halogens is 1. The van der Waals surface area contributed by atoms with Crippen molar-refractivity contribution in [2.45, 2.75) is 36.5 Å². The standard InChI is InChI=1S/C14H20BrNOS/c1-2-16-10-11-3-4-12(15)9-14(11)18-13-5-7-17-8-6-13/h3-4,9,13,16H,2,5-8,10H2,1H3. The highest BCUT2D eigenvalue weighted by molar-refractivity contribution is 9.10. The van der Waals surface area contributed by atoms with Crippen molar-refractivity contribution in [1.82, 2.24) is 5.32 Å². The predicted octanol–water partition coefficient (Wildman–Crippen LogP) is 3.83. The highest BCUT2D eigenvalue weighted by Crippen LogP contribution is 2.33. The van der Waals surface area contributed by atoms with Crippen molar-refractivity contribution in [3.63, 3.8) is 0 Å². The first kappa shape index (κ1) is 14.4. The number of benzene rings is 1. The van der Waals surface area contributed by atoms with Crippen LogP contribution >= 0.6 is 27.7 Å². The summed E-state index contributed by atoms with van der Waals surface area (Å²) in [5, 5.41) is 4.11. The van der Waals surface area contributed by atoms with Gasteiger partial charge in [-0.15, -0.1) is 11.8 Å². The van der Waals surface area contributed by atoms with E-state index in [-0.39, 0.29) is 0 Å². The van der Waals surface area contributed by atoms with Crippen LogP contribution in [0.2, 0.25) is 0 Å². The molecule has 1 heterocycles. The molecule has 1 aromatic rings. The van der Waals surface area contributed by atoms with E-state index in [1.54, 1.807) is 0 Å². The lowest BCUT2D eigenvalue weighted by Crippen LogP contribution is -2.18. The second-order valence-corrected chi connectivity index (χ2v) is 6.72. The van der Waals surface area contributed by atoms with Crippen molar-refractivity contribution in [3.05, 3.63) is 28.2 Å². The average molecular weight is 330 g/mol. The van der Waals surface area contributed by atoms with Gasteiger partial charge in [-0.05, 0) is 37.1 Å². The van der Waals surface area contributed by atoms with Gasteiger partial charge in [0, 0.05) is 34.4 Å². The molecule has 0 saturated carbocycles. The van der Waals surface area contributed by atoms with E-state index in [9.17, 15) is 0 Å². The van der Waals surface area contributed by atoms with E-state index < -0.39 is 0 Å². The molecule has 0 aliphatic carbocycles. The van der Waals surface area contributed by atoms with E-state index >= 15 is 0 Å². The number of nitrogens with one attached hydrogen (secondary N) is 1. The topological polar surface area (TPSA) is 21.3 Å². The Labute approximate surface area is 122 Å². The molecule has 0 amide bonds. The summed E-state index contributed by atoms with van der Waals surface area (Å²) in [5.41, 5.74) is 1.40. The molecule has 0 atom stereocenters. The predicted molar refractivity (Wildman–Crippen MR) is 81.2 cm³/mol. The molecule has 1 fully saturated rings. The van der Waals surface area contributed by atoms with Crippen molar-refractivity contribution in [2.24, 2.45) is 0 Å². The second kappa shape index (κ2) is 7.53. The maximum Gasteiger partial charge on any atom is 0.0476 e. The number of hydrogen-bond acceptors (Lipinski definition) is 3. The number of thioether (sulfide) groups is 1. The van der Waals surface area contributed by atoms with Gasteiger partial charge in [0.1, 0.15) is 0 Å². The minimum Gasteiger partial charge on any atom is -0.381 e. The van der Waals surface area contributed by atoms with Gasteiger partial charge >= 0.3 is 0 Å². The summed E-state index contributed by atoms with van der Waals surface area (Å²) in [6.45, 7) is 5.93. The molecule has 1 aliphatic heterocycles. The summed E-state index contributed by atoms with van der Waals surface area (Å²) in [7, 11) is 0. The van der Waals surface area contributed by atoms with E-state index in [0.29, 0.717) is 5.25 Å². The summed E-state index contributed by atoms with van der Waals surface area (Å²) >= 11 is 5.58. The Hall–Kier alpha value is -0.0300. The number of ether oxygens (including phenoxy) is 1. The minimum absolute atomic E-state index is 0.702. The van der Waals surface area contributed by atoms with Gasteiger partial charge in [0.05, 0.1) is 0 Å². The van der Waals surface area contributed by atoms with Crippen LogP contribution in [-0.2, 0) is 11.3 Å². The molecule has 1 saturated heterocycles. The van der Waals surface area contributed by atoms with Gasteiger partial charge in [0.2, 0.25) is 0 Å². The quantitative estimate of drug-likeness (QED) is 0.887. The smallest absolute Gasteiger partial charge is 0.0476 e. The fourth-order valence-corrected chi connectivity index (χ4v) is 3.80. The maximum absolute atomic E-state index is 5.42. The lowest BCUT2D eigenvalue weighted by atomic mass is 10.2. The molecule has 0 spiro atoms. The third-order valence-corrected chi connectivity index (χ3v) is 4.99. The lowest BCUT2D eigenvalue weighted by molar-refractivity contribution is 0.1000. The third kappa shape index (κ3) is 4.26. The summed E-state index contributed by atoms with van der Waals surface area (Å²) < 4.78 is 6.59. The fraction of sp³-hybridized carbons (Fsp3) is 0.571. The molecule has 2 nitrogen and oxygen atoms in total. The Morgan fingerprint density at radius 3 is 2.89 bits per heavy atom. The first-order chi connectivity index (χ1) is 8.79. The van der Waals surface area contributed by atoms with Crippen LogP contribution < -0.4 is 5.32 Å². The molecule has 1 aliphatic rings. The van der Waals surface area contributed by atoms with Crippen LogP contribution in [0.25, 0.3) is 0 Å². The Morgan fingerprint density at radius 1 is 1.39 bits per heavy atom. The normalized spacial score (nSPS) is 17.0. The van der Waals surface area contributed by atoms with Crippen LogP contribution in [0.5, 0.6) is 0 Å². The van der Waals surface area contributed by atoms with Crippen molar-refractivity contribution >= 4 is 27.7 Å². The highest BCUT2D eigenvalue weighted by Gasteiger charge is 2.16. The van der Waals surface area contributed by atoms with Crippen molar-refractivity contribution in [1.29, 1.82) is 0 Å². The molecular formula is C14H20BrNOS. The summed E-state index contributed by atoms with van der Waals surface area (Å²) in [6, 6.07) is 6.59. The SMILES string of the molecule is CCNCc1ccc(Br)cc1SC1CCOCC1. The van der Waals surface area contributed by atoms with Crippen molar-refractivity contribution < 1.29 is 4.74 Å². The summed E-state index contributed by atoms with van der Waals surface area (Å²) in [5.74, 6) is 0. The van der Waals surface area contributed by atoms with Crippen LogP contribution in [0, 0.1) is 0 Å². The van der Waals surface area contributed by atoms with Gasteiger partial charge in [0.25, 0.3) is 0 Å². The molecule has 0 aromatic heterocycles. The summed E-state index contributed by atoms with van der Waals surface area (Å²) in [6.07, 6.45) is 2.33. The Bertz CT molecular complexity index is 380. The Morgan fingerprint density at radius 2 is 2.17 bits per heavy atom. The van der Waals surface area contributed by atoms with Gasteiger partial charge in [-0.2, -0.15) is 0 Å². The molecule has 0 bridgehead atoms. The number of hydrogen-bond donors (Lipinski definition) is 1. The van der Waals surface area contributed by atoms with Gasteiger partial charge in [0.15, 0.2) is 0 Å². The first-order valence-corrected chi connectivity index (χ1v) is 8.20. The van der Waals surface area contributed by atoms with Crippen molar-refractivity contribution in [3.8, 4) is 0 Å². The zero-order chi connectivity index (χ0) is 12.8. The summed E-state index contributed by atoms with van der Waals surface area (Å²) in [4.78, 5) is 1.40. The maximum atomic E-state index is 5.42.